The molecule has 0 aliphatic carbocycles. The minimum atomic E-state index is -3.55. The first-order chi connectivity index (χ1) is 8.49. The molecule has 1 saturated heterocycles. The molecule has 0 atom stereocenters. The standard InChI is InChI=1S/C11H13NO5S/c1-16-9-4-3-8(7-10(9)17-2)12-11(13)5-6-18(12,14)15/h3-4,7H,5-6H2,1-2H3. The minimum Gasteiger partial charge on any atom is -0.493 e. The first-order valence-corrected chi connectivity index (χ1v) is 6.88. The van der Waals surface area contributed by atoms with Crippen LogP contribution in [0.25, 0.3) is 0 Å². The highest BCUT2D eigenvalue weighted by Gasteiger charge is 2.36. The van der Waals surface area contributed by atoms with Gasteiger partial charge in [-0.15, -0.1) is 0 Å². The highest BCUT2D eigenvalue weighted by atomic mass is 32.2. The summed E-state index contributed by atoms with van der Waals surface area (Å²) in [4.78, 5) is 11.6. The molecule has 1 aliphatic heterocycles. The van der Waals surface area contributed by atoms with E-state index in [9.17, 15) is 13.2 Å². The summed E-state index contributed by atoms with van der Waals surface area (Å²) in [5.41, 5.74) is 0.273. The fraction of sp³-hybridized carbons (Fsp3) is 0.364. The van der Waals surface area contributed by atoms with Gasteiger partial charge in [0, 0.05) is 12.5 Å². The second-order valence-electron chi connectivity index (χ2n) is 3.76. The van der Waals surface area contributed by atoms with Crippen molar-refractivity contribution in [3.05, 3.63) is 18.2 Å². The van der Waals surface area contributed by atoms with Gasteiger partial charge in [0.1, 0.15) is 0 Å². The van der Waals surface area contributed by atoms with Gasteiger partial charge in [-0.3, -0.25) is 4.79 Å². The van der Waals surface area contributed by atoms with Crippen molar-refractivity contribution in [1.29, 1.82) is 0 Å². The van der Waals surface area contributed by atoms with E-state index in [2.05, 4.69) is 0 Å². The number of hydrogen-bond donors (Lipinski definition) is 0. The summed E-state index contributed by atoms with van der Waals surface area (Å²) in [5, 5.41) is 0. The monoisotopic (exact) mass is 271 g/mol. The Bertz CT molecular complexity index is 581. The van der Waals surface area contributed by atoms with Crippen LogP contribution in [0.15, 0.2) is 18.2 Å². The lowest BCUT2D eigenvalue weighted by atomic mass is 10.2. The lowest BCUT2D eigenvalue weighted by Crippen LogP contribution is -2.29. The van der Waals surface area contributed by atoms with Gasteiger partial charge in [-0.2, -0.15) is 0 Å². The van der Waals surface area contributed by atoms with Crippen LogP contribution >= 0.6 is 0 Å². The molecule has 7 heteroatoms. The molecule has 0 aromatic heterocycles. The van der Waals surface area contributed by atoms with Crippen molar-refractivity contribution in [2.45, 2.75) is 6.42 Å². The van der Waals surface area contributed by atoms with E-state index in [0.717, 1.165) is 4.31 Å². The number of anilines is 1. The smallest absolute Gasteiger partial charge is 0.242 e. The second-order valence-corrected chi connectivity index (χ2v) is 5.70. The normalized spacial score (nSPS) is 17.9. The number of hydrogen-bond acceptors (Lipinski definition) is 5. The number of carbonyl (C=O) groups is 1. The van der Waals surface area contributed by atoms with Crippen LogP contribution in [0.3, 0.4) is 0 Å². The third-order valence-corrected chi connectivity index (χ3v) is 4.37. The van der Waals surface area contributed by atoms with E-state index in [4.69, 9.17) is 9.47 Å². The number of rotatable bonds is 3. The highest BCUT2D eigenvalue weighted by Crippen LogP contribution is 2.34. The maximum atomic E-state index is 11.8. The summed E-state index contributed by atoms with van der Waals surface area (Å²) in [6.07, 6.45) is 0.0106. The predicted octanol–water partition coefficient (Wildman–Crippen LogP) is 0.770. The SMILES string of the molecule is COc1ccc(N2C(=O)CCS2(=O)=O)cc1OC. The first-order valence-electron chi connectivity index (χ1n) is 5.27. The van der Waals surface area contributed by atoms with Gasteiger partial charge in [0.15, 0.2) is 11.5 Å². The van der Waals surface area contributed by atoms with E-state index in [1.807, 2.05) is 0 Å². The van der Waals surface area contributed by atoms with Crippen LogP contribution in [0.4, 0.5) is 5.69 Å². The number of ether oxygens (including phenoxy) is 2. The maximum absolute atomic E-state index is 11.8. The van der Waals surface area contributed by atoms with Gasteiger partial charge < -0.3 is 9.47 Å². The Balaban J connectivity index is 2.49. The average Bonchev–Trinajstić information content (AvgIpc) is 2.62. The number of carbonyl (C=O) groups excluding carboxylic acids is 1. The van der Waals surface area contributed by atoms with Gasteiger partial charge in [0.2, 0.25) is 15.9 Å². The van der Waals surface area contributed by atoms with E-state index >= 15 is 0 Å². The molecule has 0 bridgehead atoms. The average molecular weight is 271 g/mol. The third kappa shape index (κ3) is 2.01. The lowest BCUT2D eigenvalue weighted by molar-refractivity contribution is -0.116. The molecule has 0 spiro atoms. The number of sulfonamides is 1. The quantitative estimate of drug-likeness (QED) is 0.812. The second kappa shape index (κ2) is 4.49. The van der Waals surface area contributed by atoms with Crippen molar-refractivity contribution in [3.63, 3.8) is 0 Å². The summed E-state index contributed by atoms with van der Waals surface area (Å²) in [7, 11) is -0.619. The lowest BCUT2D eigenvalue weighted by Gasteiger charge is -2.16. The summed E-state index contributed by atoms with van der Waals surface area (Å²) < 4.78 is 34.5. The molecule has 1 aliphatic rings. The van der Waals surface area contributed by atoms with Crippen molar-refractivity contribution < 1.29 is 22.7 Å². The van der Waals surface area contributed by atoms with Crippen molar-refractivity contribution >= 4 is 21.6 Å². The topological polar surface area (TPSA) is 72.9 Å². The van der Waals surface area contributed by atoms with Crippen molar-refractivity contribution in [2.24, 2.45) is 0 Å². The molecule has 0 unspecified atom stereocenters. The highest BCUT2D eigenvalue weighted by molar-refractivity contribution is 7.94. The molecular weight excluding hydrogens is 258 g/mol. The van der Waals surface area contributed by atoms with Crippen LogP contribution < -0.4 is 13.8 Å². The van der Waals surface area contributed by atoms with Crippen LogP contribution in [0.5, 0.6) is 11.5 Å². The summed E-state index contributed by atoms with van der Waals surface area (Å²) in [5.74, 6) is 0.276. The van der Waals surface area contributed by atoms with Crippen LogP contribution in [0, 0.1) is 0 Å². The zero-order valence-corrected chi connectivity index (χ0v) is 10.9. The number of nitrogens with zero attached hydrogens (tertiary/aromatic N) is 1. The molecule has 1 heterocycles. The Kier molecular flexibility index (Phi) is 3.16. The van der Waals surface area contributed by atoms with E-state index in [0.29, 0.717) is 11.5 Å². The van der Waals surface area contributed by atoms with Crippen LogP contribution in [-0.2, 0) is 14.8 Å². The van der Waals surface area contributed by atoms with Gasteiger partial charge in [0.05, 0.1) is 25.7 Å². The Morgan fingerprint density at radius 1 is 1.17 bits per heavy atom. The van der Waals surface area contributed by atoms with Crippen molar-refractivity contribution in [3.8, 4) is 11.5 Å². The molecule has 1 aromatic carbocycles. The van der Waals surface area contributed by atoms with Crippen LogP contribution in [0.1, 0.15) is 6.42 Å². The zero-order valence-electron chi connectivity index (χ0n) is 10.0. The molecule has 0 N–H and O–H groups in total. The molecule has 1 fully saturated rings. The summed E-state index contributed by atoms with van der Waals surface area (Å²) >= 11 is 0. The molecule has 0 saturated carbocycles. The van der Waals surface area contributed by atoms with E-state index in [1.165, 1.54) is 26.4 Å². The minimum absolute atomic E-state index is 0.0106. The van der Waals surface area contributed by atoms with Gasteiger partial charge in [0.25, 0.3) is 0 Å². The molecule has 18 heavy (non-hydrogen) atoms. The Morgan fingerprint density at radius 3 is 2.33 bits per heavy atom. The molecule has 6 nitrogen and oxygen atoms in total. The number of amides is 1. The molecular formula is C11H13NO5S. The predicted molar refractivity (Wildman–Crippen MR) is 65.4 cm³/mol. The molecule has 2 rings (SSSR count). The third-order valence-electron chi connectivity index (χ3n) is 2.68. The van der Waals surface area contributed by atoms with Gasteiger partial charge in [-0.05, 0) is 12.1 Å². The van der Waals surface area contributed by atoms with Crippen molar-refractivity contribution in [2.75, 3.05) is 24.3 Å². The van der Waals surface area contributed by atoms with Gasteiger partial charge in [-0.1, -0.05) is 0 Å². The van der Waals surface area contributed by atoms with E-state index in [1.54, 1.807) is 6.07 Å². The van der Waals surface area contributed by atoms with Crippen molar-refractivity contribution in [1.82, 2.24) is 0 Å². The Morgan fingerprint density at radius 2 is 1.83 bits per heavy atom. The molecule has 0 radical (unpaired) electrons. The Hall–Kier alpha value is -1.76. The molecule has 1 aromatic rings. The molecule has 1 amide bonds. The van der Waals surface area contributed by atoms with Crippen LogP contribution in [0.2, 0.25) is 0 Å². The van der Waals surface area contributed by atoms with E-state index < -0.39 is 15.9 Å². The fourth-order valence-corrected chi connectivity index (χ4v) is 3.27. The number of benzene rings is 1. The number of methoxy groups -OCH3 is 2. The molecule has 98 valence electrons. The van der Waals surface area contributed by atoms with E-state index in [-0.39, 0.29) is 17.9 Å². The summed E-state index contributed by atoms with van der Waals surface area (Å²) in [6, 6.07) is 4.55. The largest absolute Gasteiger partial charge is 0.493 e. The summed E-state index contributed by atoms with van der Waals surface area (Å²) in [6.45, 7) is 0. The maximum Gasteiger partial charge on any atom is 0.242 e. The van der Waals surface area contributed by atoms with Crippen LogP contribution in [-0.4, -0.2) is 34.3 Å². The van der Waals surface area contributed by atoms with Gasteiger partial charge >= 0.3 is 0 Å². The fourth-order valence-electron chi connectivity index (χ4n) is 1.82. The zero-order chi connectivity index (χ0) is 13.3. The Labute approximate surface area is 105 Å². The first kappa shape index (κ1) is 12.7. The van der Waals surface area contributed by atoms with Gasteiger partial charge in [-0.25, -0.2) is 12.7 Å².